The Bertz CT molecular complexity index is 821. The third-order valence-corrected chi connectivity index (χ3v) is 4.01. The number of rotatable bonds is 6. The van der Waals surface area contributed by atoms with Crippen molar-refractivity contribution in [1.82, 2.24) is 15.0 Å². The average Bonchev–Trinajstić information content (AvgIpc) is 2.64. The molecule has 25 heavy (non-hydrogen) atoms. The Hall–Kier alpha value is -2.66. The molecule has 0 spiro atoms. The van der Waals surface area contributed by atoms with E-state index in [4.69, 9.17) is 11.6 Å². The highest BCUT2D eigenvalue weighted by molar-refractivity contribution is 6.30. The second kappa shape index (κ2) is 7.94. The van der Waals surface area contributed by atoms with Gasteiger partial charge in [-0.3, -0.25) is 4.98 Å². The molecule has 0 unspecified atom stereocenters. The van der Waals surface area contributed by atoms with Gasteiger partial charge >= 0.3 is 0 Å². The second-order valence-corrected chi connectivity index (χ2v) is 6.20. The van der Waals surface area contributed by atoms with Crippen LogP contribution < -0.4 is 10.6 Å². The molecule has 3 rings (SSSR count). The summed E-state index contributed by atoms with van der Waals surface area (Å²) < 4.78 is 0. The first-order valence-corrected chi connectivity index (χ1v) is 8.61. The van der Waals surface area contributed by atoms with E-state index in [1.165, 1.54) is 0 Å². The van der Waals surface area contributed by atoms with Gasteiger partial charge in [0, 0.05) is 29.0 Å². The van der Waals surface area contributed by atoms with E-state index in [0.717, 1.165) is 23.5 Å². The van der Waals surface area contributed by atoms with Crippen LogP contribution in [0.15, 0.2) is 54.7 Å². The molecule has 128 valence electrons. The molecule has 2 aromatic heterocycles. The topological polar surface area (TPSA) is 62.7 Å². The lowest BCUT2D eigenvalue weighted by Gasteiger charge is -2.14. The molecular weight excluding hydrogens is 334 g/mol. The molecule has 0 bridgehead atoms. The Balaban J connectivity index is 1.95. The Kier molecular flexibility index (Phi) is 5.46. The second-order valence-electron chi connectivity index (χ2n) is 5.76. The highest BCUT2D eigenvalue weighted by Gasteiger charge is 2.10. The predicted octanol–water partition coefficient (Wildman–Crippen LogP) is 5.15. The molecule has 0 aliphatic rings. The summed E-state index contributed by atoms with van der Waals surface area (Å²) in [4.78, 5) is 13.6. The van der Waals surface area contributed by atoms with E-state index in [1.54, 1.807) is 6.20 Å². The van der Waals surface area contributed by atoms with Crippen LogP contribution in [0, 0.1) is 0 Å². The van der Waals surface area contributed by atoms with Crippen LogP contribution in [0.4, 0.5) is 17.5 Å². The van der Waals surface area contributed by atoms with Gasteiger partial charge in [0.15, 0.2) is 0 Å². The number of benzene rings is 1. The van der Waals surface area contributed by atoms with E-state index >= 15 is 0 Å². The smallest absolute Gasteiger partial charge is 0.225 e. The van der Waals surface area contributed by atoms with Crippen LogP contribution >= 0.6 is 11.6 Å². The largest absolute Gasteiger partial charge is 0.352 e. The number of halogens is 1. The number of anilines is 3. The molecule has 0 aliphatic heterocycles. The molecule has 2 heterocycles. The number of pyridine rings is 1. The van der Waals surface area contributed by atoms with Crippen LogP contribution in [-0.4, -0.2) is 21.0 Å². The lowest BCUT2D eigenvalue weighted by atomic mass is 10.2. The van der Waals surface area contributed by atoms with Crippen molar-refractivity contribution < 1.29 is 0 Å². The molecule has 0 fully saturated rings. The summed E-state index contributed by atoms with van der Waals surface area (Å²) in [7, 11) is 0. The van der Waals surface area contributed by atoms with Gasteiger partial charge < -0.3 is 10.6 Å². The van der Waals surface area contributed by atoms with Gasteiger partial charge in [-0.25, -0.2) is 4.98 Å². The van der Waals surface area contributed by atoms with Crippen LogP contribution in [0.3, 0.4) is 0 Å². The molecule has 0 radical (unpaired) electrons. The van der Waals surface area contributed by atoms with Gasteiger partial charge in [-0.15, -0.1) is 0 Å². The number of nitrogens with zero attached hydrogens (tertiary/aromatic N) is 3. The third-order valence-electron chi connectivity index (χ3n) is 3.76. The number of aromatic nitrogens is 3. The van der Waals surface area contributed by atoms with E-state index in [9.17, 15) is 0 Å². The summed E-state index contributed by atoms with van der Waals surface area (Å²) >= 11 is 5.95. The molecular formula is C19H20ClN5. The van der Waals surface area contributed by atoms with Gasteiger partial charge in [0.05, 0.1) is 11.4 Å². The lowest BCUT2D eigenvalue weighted by molar-refractivity contribution is 0.753. The van der Waals surface area contributed by atoms with Crippen molar-refractivity contribution in [2.45, 2.75) is 26.3 Å². The van der Waals surface area contributed by atoms with Gasteiger partial charge in [0.2, 0.25) is 5.95 Å². The molecule has 0 saturated carbocycles. The summed E-state index contributed by atoms with van der Waals surface area (Å²) in [6, 6.07) is 15.4. The maximum absolute atomic E-state index is 5.95. The third kappa shape index (κ3) is 4.67. The zero-order valence-electron chi connectivity index (χ0n) is 14.2. The van der Waals surface area contributed by atoms with Crippen molar-refractivity contribution in [2.24, 2.45) is 0 Å². The van der Waals surface area contributed by atoms with E-state index in [2.05, 4.69) is 39.4 Å². The Morgan fingerprint density at radius 3 is 2.52 bits per heavy atom. The fourth-order valence-electron chi connectivity index (χ4n) is 2.22. The minimum Gasteiger partial charge on any atom is -0.352 e. The van der Waals surface area contributed by atoms with Crippen molar-refractivity contribution in [3.8, 4) is 11.4 Å². The molecule has 5 nitrogen and oxygen atoms in total. The maximum atomic E-state index is 5.95. The summed E-state index contributed by atoms with van der Waals surface area (Å²) in [5, 5.41) is 7.32. The summed E-state index contributed by atoms with van der Waals surface area (Å²) in [5.74, 6) is 1.28. The van der Waals surface area contributed by atoms with Gasteiger partial charge in [-0.2, -0.15) is 4.98 Å². The summed E-state index contributed by atoms with van der Waals surface area (Å²) in [5.41, 5.74) is 2.47. The molecule has 6 heteroatoms. The van der Waals surface area contributed by atoms with Gasteiger partial charge in [-0.05, 0) is 49.7 Å². The number of nitrogens with one attached hydrogen (secondary N) is 2. The fraction of sp³-hybridized carbons (Fsp3) is 0.211. The highest BCUT2D eigenvalue weighted by atomic mass is 35.5. The molecule has 0 aliphatic carbocycles. The van der Waals surface area contributed by atoms with Crippen LogP contribution in [0.5, 0.6) is 0 Å². The SMILES string of the molecule is CC[C@H](C)Nc1nc(Nc2ccc(Cl)cc2)cc(-c2ccccn2)n1. The van der Waals surface area contributed by atoms with Gasteiger partial charge in [-0.1, -0.05) is 24.6 Å². The molecule has 0 amide bonds. The van der Waals surface area contributed by atoms with Crippen LogP contribution in [-0.2, 0) is 0 Å². The Labute approximate surface area is 152 Å². The van der Waals surface area contributed by atoms with Crippen LogP contribution in [0.2, 0.25) is 5.02 Å². The zero-order chi connectivity index (χ0) is 17.6. The lowest BCUT2D eigenvalue weighted by Crippen LogP contribution is -2.16. The summed E-state index contributed by atoms with van der Waals surface area (Å²) in [6.45, 7) is 4.22. The first-order valence-electron chi connectivity index (χ1n) is 8.23. The minimum atomic E-state index is 0.280. The first-order chi connectivity index (χ1) is 12.1. The molecule has 3 aromatic rings. The maximum Gasteiger partial charge on any atom is 0.225 e. The Morgan fingerprint density at radius 1 is 1.04 bits per heavy atom. The number of hydrogen-bond acceptors (Lipinski definition) is 5. The van der Waals surface area contributed by atoms with E-state index < -0.39 is 0 Å². The number of hydrogen-bond donors (Lipinski definition) is 2. The van der Waals surface area contributed by atoms with Gasteiger partial charge in [0.25, 0.3) is 0 Å². The average molecular weight is 354 g/mol. The van der Waals surface area contributed by atoms with Crippen molar-refractivity contribution in [2.75, 3.05) is 10.6 Å². The quantitative estimate of drug-likeness (QED) is 0.642. The molecule has 1 atom stereocenters. The minimum absolute atomic E-state index is 0.280. The molecule has 1 aromatic carbocycles. The van der Waals surface area contributed by atoms with Crippen molar-refractivity contribution >= 4 is 29.1 Å². The van der Waals surface area contributed by atoms with Crippen molar-refractivity contribution in [3.63, 3.8) is 0 Å². The Morgan fingerprint density at radius 2 is 1.84 bits per heavy atom. The van der Waals surface area contributed by atoms with Crippen molar-refractivity contribution in [3.05, 3.63) is 59.8 Å². The van der Waals surface area contributed by atoms with Crippen LogP contribution in [0.25, 0.3) is 11.4 Å². The van der Waals surface area contributed by atoms with E-state index in [1.807, 2.05) is 48.5 Å². The van der Waals surface area contributed by atoms with Gasteiger partial charge in [0.1, 0.15) is 5.82 Å². The van der Waals surface area contributed by atoms with Crippen molar-refractivity contribution in [1.29, 1.82) is 0 Å². The summed E-state index contributed by atoms with van der Waals surface area (Å²) in [6.07, 6.45) is 2.74. The first kappa shape index (κ1) is 17.2. The normalized spacial score (nSPS) is 11.8. The highest BCUT2D eigenvalue weighted by Crippen LogP contribution is 2.23. The predicted molar refractivity (Wildman–Crippen MR) is 103 cm³/mol. The molecule has 2 N–H and O–H groups in total. The zero-order valence-corrected chi connectivity index (χ0v) is 15.0. The fourth-order valence-corrected chi connectivity index (χ4v) is 2.35. The monoisotopic (exact) mass is 353 g/mol. The van der Waals surface area contributed by atoms with E-state index in [0.29, 0.717) is 16.8 Å². The van der Waals surface area contributed by atoms with Crippen LogP contribution in [0.1, 0.15) is 20.3 Å². The standard InChI is InChI=1S/C19H20ClN5/c1-3-13(2)22-19-24-17(16-6-4-5-11-21-16)12-18(25-19)23-15-9-7-14(20)8-10-15/h4-13H,3H2,1-2H3,(H2,22,23,24,25)/t13-/m0/s1. The van der Waals surface area contributed by atoms with E-state index in [-0.39, 0.29) is 6.04 Å². The molecule has 0 saturated heterocycles.